The Morgan fingerprint density at radius 3 is 3.00 bits per heavy atom. The van der Waals surface area contributed by atoms with E-state index in [1.807, 2.05) is 5.38 Å². The van der Waals surface area contributed by atoms with E-state index in [1.165, 1.54) is 17.5 Å². The molecule has 0 atom stereocenters. The molecule has 2 heterocycles. The zero-order valence-electron chi connectivity index (χ0n) is 9.77. The first-order valence-corrected chi connectivity index (χ1v) is 6.32. The van der Waals surface area contributed by atoms with E-state index in [4.69, 9.17) is 0 Å². The van der Waals surface area contributed by atoms with E-state index < -0.39 is 0 Å². The van der Waals surface area contributed by atoms with E-state index in [-0.39, 0.29) is 5.82 Å². The molecule has 17 heavy (non-hydrogen) atoms. The molecule has 0 aliphatic rings. The molecule has 90 valence electrons. The Bertz CT molecular complexity index is 496. The van der Waals surface area contributed by atoms with Gasteiger partial charge in [0.2, 0.25) is 0 Å². The number of halogens is 1. The van der Waals surface area contributed by atoms with E-state index in [9.17, 15) is 4.39 Å². The summed E-state index contributed by atoms with van der Waals surface area (Å²) in [5, 5.41) is 5.93. The zero-order chi connectivity index (χ0) is 12.3. The lowest BCUT2D eigenvalue weighted by Crippen LogP contribution is -2.21. The first-order chi connectivity index (χ1) is 8.16. The second kappa shape index (κ2) is 5.33. The monoisotopic (exact) mass is 251 g/mol. The Balaban J connectivity index is 2.16. The van der Waals surface area contributed by atoms with Crippen LogP contribution in [0.3, 0.4) is 0 Å². The molecular formula is C12H14FN3S. The lowest BCUT2D eigenvalue weighted by Gasteiger charge is -2.04. The van der Waals surface area contributed by atoms with Gasteiger partial charge in [-0.15, -0.1) is 11.3 Å². The van der Waals surface area contributed by atoms with Crippen molar-refractivity contribution in [1.82, 2.24) is 15.3 Å². The van der Waals surface area contributed by atoms with Crippen LogP contribution in [0.15, 0.2) is 23.8 Å². The van der Waals surface area contributed by atoms with Crippen molar-refractivity contribution in [3.05, 3.63) is 35.4 Å². The maximum Gasteiger partial charge on any atom is 0.151 e. The lowest BCUT2D eigenvalue weighted by atomic mass is 10.3. The molecule has 0 unspecified atom stereocenters. The first-order valence-electron chi connectivity index (χ1n) is 5.44. The van der Waals surface area contributed by atoms with Gasteiger partial charge >= 0.3 is 0 Å². The smallest absolute Gasteiger partial charge is 0.151 e. The Labute approximate surface area is 104 Å². The fraction of sp³-hybridized carbons (Fsp3) is 0.333. The van der Waals surface area contributed by atoms with Crippen LogP contribution in [0.25, 0.3) is 10.6 Å². The van der Waals surface area contributed by atoms with Gasteiger partial charge in [0.05, 0.1) is 11.9 Å². The summed E-state index contributed by atoms with van der Waals surface area (Å²) in [5.41, 5.74) is 1.45. The third-order valence-electron chi connectivity index (χ3n) is 2.25. The number of nitrogens with one attached hydrogen (secondary N) is 1. The highest BCUT2D eigenvalue weighted by Crippen LogP contribution is 2.25. The van der Waals surface area contributed by atoms with Crippen molar-refractivity contribution in [2.24, 2.45) is 0 Å². The average Bonchev–Trinajstić information content (AvgIpc) is 2.75. The second-order valence-electron chi connectivity index (χ2n) is 4.04. The van der Waals surface area contributed by atoms with Gasteiger partial charge in [0, 0.05) is 29.7 Å². The Morgan fingerprint density at radius 1 is 1.47 bits per heavy atom. The van der Waals surface area contributed by atoms with Gasteiger partial charge < -0.3 is 5.32 Å². The van der Waals surface area contributed by atoms with Gasteiger partial charge in [-0.1, -0.05) is 13.8 Å². The normalized spacial score (nSPS) is 11.1. The molecule has 0 amide bonds. The van der Waals surface area contributed by atoms with Crippen LogP contribution >= 0.6 is 11.3 Å². The van der Waals surface area contributed by atoms with Gasteiger partial charge in [0.1, 0.15) is 5.01 Å². The summed E-state index contributed by atoms with van der Waals surface area (Å²) in [6, 6.07) is 2.06. The minimum absolute atomic E-state index is 0.329. The molecule has 2 aromatic heterocycles. The Morgan fingerprint density at radius 2 is 2.29 bits per heavy atom. The van der Waals surface area contributed by atoms with Crippen molar-refractivity contribution < 1.29 is 4.39 Å². The quantitative estimate of drug-likeness (QED) is 0.908. The number of nitrogens with zero attached hydrogens (tertiary/aromatic N) is 2. The molecular weight excluding hydrogens is 237 g/mol. The molecule has 2 aromatic rings. The van der Waals surface area contributed by atoms with E-state index in [1.54, 1.807) is 12.3 Å². The predicted octanol–water partition coefficient (Wildman–Crippen LogP) is 2.84. The largest absolute Gasteiger partial charge is 0.309 e. The number of pyridine rings is 1. The third kappa shape index (κ3) is 3.08. The zero-order valence-corrected chi connectivity index (χ0v) is 10.6. The van der Waals surface area contributed by atoms with Gasteiger partial charge in [-0.2, -0.15) is 0 Å². The molecule has 1 N–H and O–H groups in total. The minimum atomic E-state index is -0.329. The SMILES string of the molecule is CC(C)NCc1csc(-c2ccncc2F)n1. The summed E-state index contributed by atoms with van der Waals surface area (Å²) in [4.78, 5) is 8.13. The van der Waals surface area contributed by atoms with E-state index in [0.29, 0.717) is 23.2 Å². The summed E-state index contributed by atoms with van der Waals surface area (Å²) in [5.74, 6) is -0.329. The van der Waals surface area contributed by atoms with Crippen molar-refractivity contribution in [3.8, 4) is 10.6 Å². The Kier molecular flexibility index (Phi) is 3.81. The number of hydrogen-bond acceptors (Lipinski definition) is 4. The molecule has 0 radical (unpaired) electrons. The molecule has 0 bridgehead atoms. The fourth-order valence-electron chi connectivity index (χ4n) is 1.37. The molecule has 0 aliphatic carbocycles. The predicted molar refractivity (Wildman–Crippen MR) is 67.3 cm³/mol. The van der Waals surface area contributed by atoms with Gasteiger partial charge in [0.25, 0.3) is 0 Å². The fourth-order valence-corrected chi connectivity index (χ4v) is 2.22. The van der Waals surface area contributed by atoms with Crippen LogP contribution in [0, 0.1) is 5.82 Å². The summed E-state index contributed by atoms with van der Waals surface area (Å²) in [7, 11) is 0. The van der Waals surface area contributed by atoms with Gasteiger partial charge in [-0.3, -0.25) is 4.98 Å². The standard InChI is InChI=1S/C12H14FN3S/c1-8(2)15-5-9-7-17-12(16-9)10-3-4-14-6-11(10)13/h3-4,6-8,15H,5H2,1-2H3. The number of thiazole rings is 1. The molecule has 0 fully saturated rings. The van der Waals surface area contributed by atoms with Crippen LogP contribution in [0.1, 0.15) is 19.5 Å². The summed E-state index contributed by atoms with van der Waals surface area (Å²) in [6.45, 7) is 4.87. The van der Waals surface area contributed by atoms with Crippen molar-refractivity contribution in [2.75, 3.05) is 0 Å². The summed E-state index contributed by atoms with van der Waals surface area (Å²) < 4.78 is 13.5. The molecule has 0 spiro atoms. The highest BCUT2D eigenvalue weighted by Gasteiger charge is 2.09. The Hall–Kier alpha value is -1.33. The van der Waals surface area contributed by atoms with Crippen molar-refractivity contribution >= 4 is 11.3 Å². The molecule has 0 aromatic carbocycles. The van der Waals surface area contributed by atoms with Gasteiger partial charge in [-0.25, -0.2) is 9.37 Å². The molecule has 5 heteroatoms. The van der Waals surface area contributed by atoms with Crippen LogP contribution < -0.4 is 5.32 Å². The van der Waals surface area contributed by atoms with E-state index in [0.717, 1.165) is 5.69 Å². The maximum absolute atomic E-state index is 13.5. The van der Waals surface area contributed by atoms with Crippen LogP contribution in [0.5, 0.6) is 0 Å². The van der Waals surface area contributed by atoms with Gasteiger partial charge in [0.15, 0.2) is 5.82 Å². The molecule has 0 saturated heterocycles. The topological polar surface area (TPSA) is 37.8 Å². The molecule has 2 rings (SSSR count). The van der Waals surface area contributed by atoms with Crippen molar-refractivity contribution in [1.29, 1.82) is 0 Å². The van der Waals surface area contributed by atoms with Crippen LogP contribution in [-0.4, -0.2) is 16.0 Å². The van der Waals surface area contributed by atoms with E-state index >= 15 is 0 Å². The molecule has 0 aliphatic heterocycles. The van der Waals surface area contributed by atoms with Crippen molar-refractivity contribution in [3.63, 3.8) is 0 Å². The molecule has 3 nitrogen and oxygen atoms in total. The van der Waals surface area contributed by atoms with Crippen LogP contribution in [0.4, 0.5) is 4.39 Å². The number of aromatic nitrogens is 2. The van der Waals surface area contributed by atoms with Crippen LogP contribution in [0.2, 0.25) is 0 Å². The first kappa shape index (κ1) is 12.1. The number of hydrogen-bond donors (Lipinski definition) is 1. The highest BCUT2D eigenvalue weighted by molar-refractivity contribution is 7.13. The number of rotatable bonds is 4. The second-order valence-corrected chi connectivity index (χ2v) is 4.89. The lowest BCUT2D eigenvalue weighted by molar-refractivity contribution is 0.583. The van der Waals surface area contributed by atoms with E-state index in [2.05, 4.69) is 29.1 Å². The molecule has 0 saturated carbocycles. The summed E-state index contributed by atoms with van der Waals surface area (Å²) >= 11 is 1.45. The average molecular weight is 251 g/mol. The highest BCUT2D eigenvalue weighted by atomic mass is 32.1. The minimum Gasteiger partial charge on any atom is -0.309 e. The third-order valence-corrected chi connectivity index (χ3v) is 3.17. The summed E-state index contributed by atoms with van der Waals surface area (Å²) in [6.07, 6.45) is 2.79. The maximum atomic E-state index is 13.5. The van der Waals surface area contributed by atoms with Crippen molar-refractivity contribution in [2.45, 2.75) is 26.4 Å². The van der Waals surface area contributed by atoms with Crippen LogP contribution in [-0.2, 0) is 6.54 Å². The van der Waals surface area contributed by atoms with Gasteiger partial charge in [-0.05, 0) is 6.07 Å².